The van der Waals surface area contributed by atoms with Crippen molar-refractivity contribution < 1.29 is 9.15 Å². The van der Waals surface area contributed by atoms with Gasteiger partial charge in [-0.25, -0.2) is 0 Å². The summed E-state index contributed by atoms with van der Waals surface area (Å²) in [6.45, 7) is 0.628. The van der Waals surface area contributed by atoms with E-state index in [4.69, 9.17) is 14.9 Å². The molecule has 0 aliphatic heterocycles. The number of rotatable bonds is 4. The van der Waals surface area contributed by atoms with Crippen LogP contribution in [-0.2, 0) is 6.42 Å². The molecule has 3 nitrogen and oxygen atoms in total. The van der Waals surface area contributed by atoms with Crippen LogP contribution in [0.3, 0.4) is 0 Å². The van der Waals surface area contributed by atoms with Gasteiger partial charge in [0.1, 0.15) is 11.5 Å². The zero-order chi connectivity index (χ0) is 11.4. The summed E-state index contributed by atoms with van der Waals surface area (Å²) < 4.78 is 10.6. The standard InChI is InChI=1S/C13H15NO2/c1-15-12-4-2-10(3-5-12)13-11(6-8-14)7-9-16-13/h2-5,7,9H,6,8,14H2,1H3. The van der Waals surface area contributed by atoms with E-state index < -0.39 is 0 Å². The van der Waals surface area contributed by atoms with Crippen LogP contribution in [0.25, 0.3) is 11.3 Å². The third-order valence-corrected chi connectivity index (χ3v) is 2.51. The molecule has 0 atom stereocenters. The van der Waals surface area contributed by atoms with Crippen molar-refractivity contribution in [1.82, 2.24) is 0 Å². The SMILES string of the molecule is COc1ccc(-c2occc2CCN)cc1. The van der Waals surface area contributed by atoms with E-state index in [1.807, 2.05) is 30.3 Å². The second kappa shape index (κ2) is 4.86. The van der Waals surface area contributed by atoms with Gasteiger partial charge in [0.2, 0.25) is 0 Å². The van der Waals surface area contributed by atoms with Crippen LogP contribution in [0.2, 0.25) is 0 Å². The Balaban J connectivity index is 2.31. The van der Waals surface area contributed by atoms with E-state index in [0.717, 1.165) is 29.1 Å². The first kappa shape index (κ1) is 10.8. The number of nitrogens with two attached hydrogens (primary N) is 1. The van der Waals surface area contributed by atoms with Gasteiger partial charge >= 0.3 is 0 Å². The number of hydrogen-bond donors (Lipinski definition) is 1. The minimum atomic E-state index is 0.628. The van der Waals surface area contributed by atoms with Gasteiger partial charge in [-0.05, 0) is 48.9 Å². The second-order valence-electron chi connectivity index (χ2n) is 3.54. The molecule has 16 heavy (non-hydrogen) atoms. The lowest BCUT2D eigenvalue weighted by Crippen LogP contribution is -2.02. The lowest BCUT2D eigenvalue weighted by atomic mass is 10.1. The molecule has 2 rings (SSSR count). The third-order valence-electron chi connectivity index (χ3n) is 2.51. The summed E-state index contributed by atoms with van der Waals surface area (Å²) in [5.41, 5.74) is 7.75. The quantitative estimate of drug-likeness (QED) is 0.855. The minimum absolute atomic E-state index is 0.628. The minimum Gasteiger partial charge on any atom is -0.497 e. The van der Waals surface area contributed by atoms with E-state index in [1.165, 1.54) is 0 Å². The van der Waals surface area contributed by atoms with E-state index in [0.29, 0.717) is 6.54 Å². The Kier molecular flexibility index (Phi) is 3.27. The highest BCUT2D eigenvalue weighted by atomic mass is 16.5. The average molecular weight is 217 g/mol. The maximum Gasteiger partial charge on any atom is 0.137 e. The van der Waals surface area contributed by atoms with Crippen molar-refractivity contribution in [2.75, 3.05) is 13.7 Å². The molecule has 0 amide bonds. The highest BCUT2D eigenvalue weighted by Crippen LogP contribution is 2.26. The van der Waals surface area contributed by atoms with Gasteiger partial charge in [-0.3, -0.25) is 0 Å². The summed E-state index contributed by atoms with van der Waals surface area (Å²) in [5, 5.41) is 0. The zero-order valence-electron chi connectivity index (χ0n) is 9.27. The molecule has 2 aromatic rings. The van der Waals surface area contributed by atoms with Gasteiger partial charge in [0.15, 0.2) is 0 Å². The van der Waals surface area contributed by atoms with Crippen LogP contribution in [0.5, 0.6) is 5.75 Å². The summed E-state index contributed by atoms with van der Waals surface area (Å²) in [5.74, 6) is 1.74. The van der Waals surface area contributed by atoms with Crippen molar-refractivity contribution in [1.29, 1.82) is 0 Å². The van der Waals surface area contributed by atoms with Crippen LogP contribution in [0, 0.1) is 0 Å². The number of benzene rings is 1. The molecule has 0 radical (unpaired) electrons. The maximum absolute atomic E-state index is 5.55. The molecule has 1 heterocycles. The highest BCUT2D eigenvalue weighted by Gasteiger charge is 2.08. The third kappa shape index (κ3) is 2.09. The Morgan fingerprint density at radius 3 is 2.56 bits per heavy atom. The molecule has 0 bridgehead atoms. The van der Waals surface area contributed by atoms with Crippen LogP contribution >= 0.6 is 0 Å². The van der Waals surface area contributed by atoms with Crippen molar-refractivity contribution in [3.8, 4) is 17.1 Å². The Morgan fingerprint density at radius 1 is 1.19 bits per heavy atom. The fraction of sp³-hybridized carbons (Fsp3) is 0.231. The molecular formula is C13H15NO2. The second-order valence-corrected chi connectivity index (χ2v) is 3.54. The molecule has 3 heteroatoms. The van der Waals surface area contributed by atoms with Gasteiger partial charge in [0.05, 0.1) is 13.4 Å². The fourth-order valence-electron chi connectivity index (χ4n) is 1.68. The number of hydrogen-bond acceptors (Lipinski definition) is 3. The molecule has 0 fully saturated rings. The highest BCUT2D eigenvalue weighted by molar-refractivity contribution is 5.62. The smallest absolute Gasteiger partial charge is 0.137 e. The number of ether oxygens (including phenoxy) is 1. The average Bonchev–Trinajstić information content (AvgIpc) is 2.78. The van der Waals surface area contributed by atoms with Crippen molar-refractivity contribution in [2.24, 2.45) is 5.73 Å². The molecular weight excluding hydrogens is 202 g/mol. The first-order valence-corrected chi connectivity index (χ1v) is 5.26. The molecule has 84 valence electrons. The fourth-order valence-corrected chi connectivity index (χ4v) is 1.68. The molecule has 0 saturated carbocycles. The largest absolute Gasteiger partial charge is 0.497 e. The molecule has 0 spiro atoms. The Morgan fingerprint density at radius 2 is 1.94 bits per heavy atom. The Bertz CT molecular complexity index is 445. The molecule has 0 aliphatic rings. The van der Waals surface area contributed by atoms with Crippen molar-refractivity contribution in [3.63, 3.8) is 0 Å². The van der Waals surface area contributed by atoms with Gasteiger partial charge in [0.25, 0.3) is 0 Å². The topological polar surface area (TPSA) is 48.4 Å². The summed E-state index contributed by atoms with van der Waals surface area (Å²) in [6.07, 6.45) is 2.53. The number of methoxy groups -OCH3 is 1. The van der Waals surface area contributed by atoms with Gasteiger partial charge < -0.3 is 14.9 Å². The van der Waals surface area contributed by atoms with E-state index in [-0.39, 0.29) is 0 Å². The van der Waals surface area contributed by atoms with E-state index in [9.17, 15) is 0 Å². The van der Waals surface area contributed by atoms with Crippen molar-refractivity contribution >= 4 is 0 Å². The molecule has 2 N–H and O–H groups in total. The summed E-state index contributed by atoms with van der Waals surface area (Å²) in [6, 6.07) is 9.77. The van der Waals surface area contributed by atoms with E-state index in [2.05, 4.69) is 0 Å². The lowest BCUT2D eigenvalue weighted by Gasteiger charge is -2.03. The lowest BCUT2D eigenvalue weighted by molar-refractivity contribution is 0.415. The van der Waals surface area contributed by atoms with Crippen molar-refractivity contribution in [2.45, 2.75) is 6.42 Å². The first-order valence-electron chi connectivity index (χ1n) is 5.26. The van der Waals surface area contributed by atoms with Crippen molar-refractivity contribution in [3.05, 3.63) is 42.2 Å². The molecule has 0 aliphatic carbocycles. The molecule has 0 saturated heterocycles. The maximum atomic E-state index is 5.55. The predicted molar refractivity (Wildman–Crippen MR) is 63.5 cm³/mol. The summed E-state index contributed by atoms with van der Waals surface area (Å²) in [7, 11) is 1.65. The van der Waals surface area contributed by atoms with Gasteiger partial charge in [-0.15, -0.1) is 0 Å². The number of furan rings is 1. The van der Waals surface area contributed by atoms with Crippen LogP contribution in [-0.4, -0.2) is 13.7 Å². The normalized spacial score (nSPS) is 10.4. The predicted octanol–water partition coefficient (Wildman–Crippen LogP) is 2.46. The Hall–Kier alpha value is -1.74. The van der Waals surface area contributed by atoms with E-state index >= 15 is 0 Å². The molecule has 1 aromatic carbocycles. The zero-order valence-corrected chi connectivity index (χ0v) is 9.27. The summed E-state index contributed by atoms with van der Waals surface area (Å²) in [4.78, 5) is 0. The van der Waals surface area contributed by atoms with Crippen LogP contribution in [0.1, 0.15) is 5.56 Å². The monoisotopic (exact) mass is 217 g/mol. The first-order chi connectivity index (χ1) is 7.85. The van der Waals surface area contributed by atoms with Crippen LogP contribution < -0.4 is 10.5 Å². The molecule has 0 unspecified atom stereocenters. The summed E-state index contributed by atoms with van der Waals surface area (Å²) >= 11 is 0. The van der Waals surface area contributed by atoms with Crippen LogP contribution in [0.15, 0.2) is 41.0 Å². The molecule has 1 aromatic heterocycles. The van der Waals surface area contributed by atoms with Gasteiger partial charge in [0, 0.05) is 5.56 Å². The van der Waals surface area contributed by atoms with Gasteiger partial charge in [-0.2, -0.15) is 0 Å². The van der Waals surface area contributed by atoms with E-state index in [1.54, 1.807) is 13.4 Å². The van der Waals surface area contributed by atoms with Gasteiger partial charge in [-0.1, -0.05) is 0 Å². The van der Waals surface area contributed by atoms with Crippen LogP contribution in [0.4, 0.5) is 0 Å². The Labute approximate surface area is 94.8 Å².